The minimum Gasteiger partial charge on any atom is -0.192 e. The summed E-state index contributed by atoms with van der Waals surface area (Å²) >= 11 is 3.32. The molecule has 1 heterocycles. The van der Waals surface area contributed by atoms with Crippen LogP contribution in [0, 0.1) is 18.3 Å². The van der Waals surface area contributed by atoms with Crippen LogP contribution in [0.4, 0.5) is 0 Å². The smallest absolute Gasteiger partial charge is 0.101 e. The summed E-state index contributed by atoms with van der Waals surface area (Å²) in [6.07, 6.45) is 1.99. The van der Waals surface area contributed by atoms with E-state index in [1.807, 2.05) is 19.2 Å². The third-order valence-corrected chi connectivity index (χ3v) is 3.31. The van der Waals surface area contributed by atoms with Gasteiger partial charge < -0.3 is 0 Å². The number of nitrogens with zero attached hydrogens (tertiary/aromatic N) is 1. The Balaban J connectivity index is 3.12. The van der Waals surface area contributed by atoms with E-state index in [2.05, 4.69) is 6.07 Å². The maximum Gasteiger partial charge on any atom is 0.101 e. The summed E-state index contributed by atoms with van der Waals surface area (Å²) in [5.74, 6) is 0. The van der Waals surface area contributed by atoms with Gasteiger partial charge in [0.25, 0.3) is 0 Å². The second-order valence-corrected chi connectivity index (χ2v) is 4.21. The van der Waals surface area contributed by atoms with E-state index < -0.39 is 0 Å². The molecule has 0 bridgehead atoms. The molecule has 3 heteroatoms. The van der Waals surface area contributed by atoms with Crippen LogP contribution in [-0.2, 0) is 0 Å². The first-order chi connectivity index (χ1) is 4.77. The summed E-state index contributed by atoms with van der Waals surface area (Å²) in [5, 5.41) is 8.61. The molecule has 0 atom stereocenters. The minimum absolute atomic E-state index is 0.815. The summed E-state index contributed by atoms with van der Waals surface area (Å²) in [4.78, 5) is 1.21. The third kappa shape index (κ3) is 1.34. The van der Waals surface area contributed by atoms with Crippen molar-refractivity contribution in [2.45, 2.75) is 11.1 Å². The number of thiophene rings is 1. The fraction of sp³-hybridized carbons (Fsp3) is 0.286. The van der Waals surface area contributed by atoms with Crippen LogP contribution in [0.25, 0.3) is 0 Å². The topological polar surface area (TPSA) is 23.8 Å². The largest absolute Gasteiger partial charge is 0.192 e. The normalized spacial score (nSPS) is 9.30. The molecule has 0 saturated heterocycles. The van der Waals surface area contributed by atoms with E-state index >= 15 is 0 Å². The molecule has 1 nitrogen and oxygen atoms in total. The van der Waals surface area contributed by atoms with Crippen LogP contribution in [-0.4, -0.2) is 6.26 Å². The molecule has 0 radical (unpaired) electrons. The van der Waals surface area contributed by atoms with Crippen molar-refractivity contribution in [1.82, 2.24) is 0 Å². The Labute approximate surface area is 68.7 Å². The average molecular weight is 169 g/mol. The van der Waals surface area contributed by atoms with Gasteiger partial charge in [0.05, 0.1) is 9.77 Å². The standard InChI is InChI=1S/C7H7NS2/c1-5-3-6(4-8)7(9-2)10-5/h3H,1-2H3. The Bertz CT molecular complexity index is 270. The van der Waals surface area contributed by atoms with E-state index in [-0.39, 0.29) is 0 Å². The number of nitriles is 1. The van der Waals surface area contributed by atoms with Gasteiger partial charge in [-0.25, -0.2) is 0 Å². The highest BCUT2D eigenvalue weighted by Crippen LogP contribution is 2.29. The maximum atomic E-state index is 8.61. The summed E-state index contributed by atoms with van der Waals surface area (Å²) in [6, 6.07) is 4.08. The predicted molar refractivity (Wildman–Crippen MR) is 45.6 cm³/mol. The molecule has 0 aliphatic heterocycles. The SMILES string of the molecule is CSc1sc(C)cc1C#N. The molecule has 0 spiro atoms. The molecule has 0 saturated carbocycles. The Morgan fingerprint density at radius 3 is 2.80 bits per heavy atom. The van der Waals surface area contributed by atoms with Crippen molar-refractivity contribution >= 4 is 23.1 Å². The molecule has 0 aromatic carbocycles. The zero-order valence-corrected chi connectivity index (χ0v) is 7.47. The van der Waals surface area contributed by atoms with Gasteiger partial charge in [-0.3, -0.25) is 0 Å². The average Bonchev–Trinajstić information content (AvgIpc) is 2.30. The quantitative estimate of drug-likeness (QED) is 0.603. The lowest BCUT2D eigenvalue weighted by Gasteiger charge is -1.85. The van der Waals surface area contributed by atoms with Crippen LogP contribution in [0.1, 0.15) is 10.4 Å². The van der Waals surface area contributed by atoms with Gasteiger partial charge in [0.15, 0.2) is 0 Å². The Morgan fingerprint density at radius 2 is 2.40 bits per heavy atom. The monoisotopic (exact) mass is 169 g/mol. The molecular formula is C7H7NS2. The molecular weight excluding hydrogens is 162 g/mol. The van der Waals surface area contributed by atoms with Gasteiger partial charge in [0, 0.05) is 4.88 Å². The summed E-state index contributed by atoms with van der Waals surface area (Å²) in [6.45, 7) is 2.02. The summed E-state index contributed by atoms with van der Waals surface area (Å²) < 4.78 is 1.13. The van der Waals surface area contributed by atoms with Gasteiger partial charge in [0.1, 0.15) is 6.07 Å². The molecule has 0 amide bonds. The van der Waals surface area contributed by atoms with Crippen molar-refractivity contribution < 1.29 is 0 Å². The van der Waals surface area contributed by atoms with E-state index in [9.17, 15) is 0 Å². The fourth-order valence-corrected chi connectivity index (χ4v) is 2.46. The first-order valence-electron chi connectivity index (χ1n) is 2.82. The first-order valence-corrected chi connectivity index (χ1v) is 4.86. The zero-order chi connectivity index (χ0) is 7.56. The van der Waals surface area contributed by atoms with Crippen molar-refractivity contribution in [2.24, 2.45) is 0 Å². The molecule has 0 fully saturated rings. The van der Waals surface area contributed by atoms with Gasteiger partial charge in [-0.2, -0.15) is 5.26 Å². The number of hydrogen-bond acceptors (Lipinski definition) is 3. The molecule has 1 aromatic rings. The van der Waals surface area contributed by atoms with E-state index in [1.165, 1.54) is 4.88 Å². The van der Waals surface area contributed by atoms with E-state index in [0.717, 1.165) is 9.77 Å². The number of hydrogen-bond donors (Lipinski definition) is 0. The Kier molecular flexibility index (Phi) is 2.36. The van der Waals surface area contributed by atoms with Gasteiger partial charge in [-0.05, 0) is 19.2 Å². The molecule has 1 aromatic heterocycles. The summed E-state index contributed by atoms with van der Waals surface area (Å²) in [5.41, 5.74) is 0.815. The van der Waals surface area contributed by atoms with Crippen molar-refractivity contribution in [3.63, 3.8) is 0 Å². The van der Waals surface area contributed by atoms with Gasteiger partial charge >= 0.3 is 0 Å². The maximum absolute atomic E-state index is 8.61. The van der Waals surface area contributed by atoms with Crippen molar-refractivity contribution in [2.75, 3.05) is 6.26 Å². The van der Waals surface area contributed by atoms with Crippen molar-refractivity contribution in [3.05, 3.63) is 16.5 Å². The van der Waals surface area contributed by atoms with Crippen LogP contribution in [0.15, 0.2) is 10.3 Å². The predicted octanol–water partition coefficient (Wildman–Crippen LogP) is 2.65. The van der Waals surface area contributed by atoms with Crippen LogP contribution in [0.2, 0.25) is 0 Å². The fourth-order valence-electron chi connectivity index (χ4n) is 0.722. The van der Waals surface area contributed by atoms with Crippen LogP contribution in [0.5, 0.6) is 0 Å². The molecule has 1 rings (SSSR count). The van der Waals surface area contributed by atoms with Crippen LogP contribution >= 0.6 is 23.1 Å². The highest BCUT2D eigenvalue weighted by Gasteiger charge is 2.03. The molecule has 0 aliphatic rings. The van der Waals surface area contributed by atoms with Crippen LogP contribution < -0.4 is 0 Å². The molecule has 0 aliphatic carbocycles. The number of rotatable bonds is 1. The lowest BCUT2D eigenvalue weighted by molar-refractivity contribution is 1.46. The van der Waals surface area contributed by atoms with Crippen molar-refractivity contribution in [3.8, 4) is 6.07 Å². The second kappa shape index (κ2) is 3.09. The lowest BCUT2D eigenvalue weighted by atomic mass is 10.3. The molecule has 10 heavy (non-hydrogen) atoms. The van der Waals surface area contributed by atoms with E-state index in [0.29, 0.717) is 0 Å². The minimum atomic E-state index is 0.815. The lowest BCUT2D eigenvalue weighted by Crippen LogP contribution is -1.66. The van der Waals surface area contributed by atoms with Gasteiger partial charge in [-0.1, -0.05) is 0 Å². The molecule has 0 unspecified atom stereocenters. The highest BCUT2D eigenvalue weighted by molar-refractivity contribution is 8.00. The van der Waals surface area contributed by atoms with Gasteiger partial charge in [-0.15, -0.1) is 23.1 Å². The van der Waals surface area contributed by atoms with Gasteiger partial charge in [0.2, 0.25) is 0 Å². The van der Waals surface area contributed by atoms with E-state index in [4.69, 9.17) is 5.26 Å². The van der Waals surface area contributed by atoms with Crippen LogP contribution in [0.3, 0.4) is 0 Å². The Hall–Kier alpha value is -0.460. The summed E-state index contributed by atoms with van der Waals surface area (Å²) in [7, 11) is 0. The molecule has 0 N–H and O–H groups in total. The Morgan fingerprint density at radius 1 is 1.70 bits per heavy atom. The zero-order valence-electron chi connectivity index (χ0n) is 5.84. The number of aryl methyl sites for hydroxylation is 1. The highest BCUT2D eigenvalue weighted by atomic mass is 32.2. The second-order valence-electron chi connectivity index (χ2n) is 1.87. The first kappa shape index (κ1) is 7.64. The van der Waals surface area contributed by atoms with E-state index in [1.54, 1.807) is 23.1 Å². The van der Waals surface area contributed by atoms with Crippen molar-refractivity contribution in [1.29, 1.82) is 5.26 Å². The number of thioether (sulfide) groups is 1. The molecule has 52 valence electrons. The third-order valence-electron chi connectivity index (χ3n) is 1.13.